The number of nitrogens with one attached hydrogen (secondary N) is 1. The second-order valence-corrected chi connectivity index (χ2v) is 7.73. The topological polar surface area (TPSA) is 57.9 Å². The van der Waals surface area contributed by atoms with Gasteiger partial charge in [0, 0.05) is 25.1 Å². The van der Waals surface area contributed by atoms with Crippen LogP contribution in [0.5, 0.6) is 0 Å². The first-order valence-electron chi connectivity index (χ1n) is 8.91. The zero-order valence-corrected chi connectivity index (χ0v) is 16.5. The number of halogens is 2. The van der Waals surface area contributed by atoms with Crippen LogP contribution in [0, 0.1) is 17.1 Å². The molecule has 7 heteroatoms. The lowest BCUT2D eigenvalue weighted by Crippen LogP contribution is -2.39. The van der Waals surface area contributed by atoms with Gasteiger partial charge >= 0.3 is 0 Å². The number of thiazole rings is 1. The SMILES string of the molecule is N#Cc1ccc(-c2cccc(C[C@H]3CNCCO3)c2-c2scnc2Cl)cc1F. The van der Waals surface area contributed by atoms with Gasteiger partial charge in [-0.25, -0.2) is 9.37 Å². The van der Waals surface area contributed by atoms with Crippen molar-refractivity contribution < 1.29 is 9.13 Å². The van der Waals surface area contributed by atoms with E-state index in [9.17, 15) is 4.39 Å². The first kappa shape index (κ1) is 19.0. The first-order valence-corrected chi connectivity index (χ1v) is 10.2. The summed E-state index contributed by atoms with van der Waals surface area (Å²) in [6.07, 6.45) is 0.774. The molecule has 2 heterocycles. The van der Waals surface area contributed by atoms with Crippen molar-refractivity contribution in [3.8, 4) is 27.6 Å². The Morgan fingerprint density at radius 3 is 2.93 bits per heavy atom. The van der Waals surface area contributed by atoms with Crippen LogP contribution < -0.4 is 5.32 Å². The number of aromatic nitrogens is 1. The van der Waals surface area contributed by atoms with E-state index in [0.29, 0.717) is 23.7 Å². The van der Waals surface area contributed by atoms with Gasteiger partial charge in [-0.2, -0.15) is 5.26 Å². The first-order chi connectivity index (χ1) is 13.7. The molecule has 142 valence electrons. The lowest BCUT2D eigenvalue weighted by atomic mass is 9.91. The number of nitriles is 1. The van der Waals surface area contributed by atoms with Crippen LogP contribution in [-0.2, 0) is 11.2 Å². The molecule has 0 radical (unpaired) electrons. The summed E-state index contributed by atoms with van der Waals surface area (Å²) in [6, 6.07) is 12.5. The molecule has 28 heavy (non-hydrogen) atoms. The van der Waals surface area contributed by atoms with E-state index >= 15 is 0 Å². The number of rotatable bonds is 4. The lowest BCUT2D eigenvalue weighted by molar-refractivity contribution is 0.0293. The number of hydrogen-bond acceptors (Lipinski definition) is 5. The van der Waals surface area contributed by atoms with Gasteiger partial charge < -0.3 is 10.1 Å². The Kier molecular flexibility index (Phi) is 5.69. The van der Waals surface area contributed by atoms with Crippen molar-refractivity contribution in [2.24, 2.45) is 0 Å². The Bertz CT molecular complexity index is 1040. The van der Waals surface area contributed by atoms with Crippen LogP contribution in [0.25, 0.3) is 21.6 Å². The van der Waals surface area contributed by atoms with E-state index in [1.54, 1.807) is 11.6 Å². The van der Waals surface area contributed by atoms with Crippen molar-refractivity contribution >= 4 is 22.9 Å². The second-order valence-electron chi connectivity index (χ2n) is 6.52. The molecule has 2 aromatic carbocycles. The zero-order valence-electron chi connectivity index (χ0n) is 14.9. The molecule has 0 bridgehead atoms. The Morgan fingerprint density at radius 1 is 1.36 bits per heavy atom. The van der Waals surface area contributed by atoms with Gasteiger partial charge in [0.25, 0.3) is 0 Å². The molecule has 1 N–H and O–H groups in total. The molecule has 1 aliphatic rings. The van der Waals surface area contributed by atoms with E-state index in [-0.39, 0.29) is 11.7 Å². The van der Waals surface area contributed by atoms with Gasteiger partial charge in [0.1, 0.15) is 17.0 Å². The van der Waals surface area contributed by atoms with Crippen LogP contribution in [0.15, 0.2) is 41.9 Å². The monoisotopic (exact) mass is 413 g/mol. The highest BCUT2D eigenvalue weighted by molar-refractivity contribution is 7.14. The normalized spacial score (nSPS) is 16.7. The maximum atomic E-state index is 14.3. The second kappa shape index (κ2) is 8.38. The zero-order chi connectivity index (χ0) is 19.5. The summed E-state index contributed by atoms with van der Waals surface area (Å²) < 4.78 is 20.2. The van der Waals surface area contributed by atoms with Crippen LogP contribution in [0.1, 0.15) is 11.1 Å². The van der Waals surface area contributed by atoms with Crippen LogP contribution in [0.2, 0.25) is 5.15 Å². The largest absolute Gasteiger partial charge is 0.375 e. The van der Waals surface area contributed by atoms with Crippen LogP contribution >= 0.6 is 22.9 Å². The highest BCUT2D eigenvalue weighted by Gasteiger charge is 2.21. The Morgan fingerprint density at radius 2 is 2.25 bits per heavy atom. The summed E-state index contributed by atoms with van der Waals surface area (Å²) in [5.41, 5.74) is 5.29. The van der Waals surface area contributed by atoms with Crippen molar-refractivity contribution in [2.75, 3.05) is 19.7 Å². The smallest absolute Gasteiger partial charge is 0.147 e. The summed E-state index contributed by atoms with van der Waals surface area (Å²) in [5.74, 6) is -0.536. The molecule has 1 atom stereocenters. The predicted molar refractivity (Wildman–Crippen MR) is 109 cm³/mol. The fourth-order valence-electron chi connectivity index (χ4n) is 3.44. The summed E-state index contributed by atoms with van der Waals surface area (Å²) in [5, 5.41) is 12.8. The van der Waals surface area contributed by atoms with Gasteiger partial charge in [-0.1, -0.05) is 35.9 Å². The van der Waals surface area contributed by atoms with Crippen molar-refractivity contribution in [2.45, 2.75) is 12.5 Å². The third kappa shape index (κ3) is 3.80. The third-order valence-corrected chi connectivity index (χ3v) is 6.00. The minimum atomic E-state index is -0.536. The molecule has 0 unspecified atom stereocenters. The van der Waals surface area contributed by atoms with E-state index < -0.39 is 5.82 Å². The molecule has 0 saturated carbocycles. The van der Waals surface area contributed by atoms with E-state index in [0.717, 1.165) is 34.7 Å². The number of hydrogen-bond donors (Lipinski definition) is 1. The van der Waals surface area contributed by atoms with Crippen molar-refractivity contribution in [1.82, 2.24) is 10.3 Å². The van der Waals surface area contributed by atoms with Crippen molar-refractivity contribution in [1.29, 1.82) is 5.26 Å². The number of nitrogens with zero attached hydrogens (tertiary/aromatic N) is 2. The van der Waals surface area contributed by atoms with Gasteiger partial charge in [0.05, 0.1) is 28.7 Å². The Hall–Kier alpha value is -2.30. The van der Waals surface area contributed by atoms with Crippen molar-refractivity contribution in [3.63, 3.8) is 0 Å². The van der Waals surface area contributed by atoms with Gasteiger partial charge in [-0.05, 0) is 28.8 Å². The molecule has 0 spiro atoms. The molecule has 4 rings (SSSR count). The third-order valence-electron chi connectivity index (χ3n) is 4.75. The van der Waals surface area contributed by atoms with Crippen LogP contribution in [0.3, 0.4) is 0 Å². The highest BCUT2D eigenvalue weighted by Crippen LogP contribution is 2.41. The molecule has 1 aromatic heterocycles. The van der Waals surface area contributed by atoms with Crippen LogP contribution in [0.4, 0.5) is 4.39 Å². The molecule has 0 aliphatic carbocycles. The van der Waals surface area contributed by atoms with E-state index in [1.165, 1.54) is 23.5 Å². The number of morpholine rings is 1. The molecule has 1 aliphatic heterocycles. The van der Waals surface area contributed by atoms with Gasteiger partial charge in [0.2, 0.25) is 0 Å². The molecule has 1 fully saturated rings. The predicted octanol–water partition coefficient (Wildman–Crippen LogP) is 4.67. The quantitative estimate of drug-likeness (QED) is 0.675. The number of ether oxygens (including phenoxy) is 1. The molecule has 3 aromatic rings. The van der Waals surface area contributed by atoms with Gasteiger partial charge in [0.15, 0.2) is 0 Å². The summed E-state index contributed by atoms with van der Waals surface area (Å²) >= 11 is 7.82. The van der Waals surface area contributed by atoms with Crippen molar-refractivity contribution in [3.05, 3.63) is 64.0 Å². The van der Waals surface area contributed by atoms with Gasteiger partial charge in [-0.15, -0.1) is 11.3 Å². The molecule has 4 nitrogen and oxygen atoms in total. The minimum absolute atomic E-state index is 0.0268. The standard InChI is InChI=1S/C21H17ClFN3OS/c22-21-20(28-12-26-21)19-14(8-16-11-25-6-7-27-16)2-1-3-17(19)13-4-5-15(10-24)18(23)9-13/h1-5,9,12,16,25H,6-8,11H2/t16-/m0/s1. The Balaban J connectivity index is 1.84. The molecular formula is C21H17ClFN3OS. The van der Waals surface area contributed by atoms with E-state index in [2.05, 4.69) is 10.3 Å². The summed E-state index contributed by atoms with van der Waals surface area (Å²) in [7, 11) is 0. The summed E-state index contributed by atoms with van der Waals surface area (Å²) in [6.45, 7) is 2.32. The van der Waals surface area contributed by atoms with E-state index in [4.69, 9.17) is 21.6 Å². The fourth-order valence-corrected chi connectivity index (χ4v) is 4.55. The number of benzene rings is 2. The maximum Gasteiger partial charge on any atom is 0.147 e. The van der Waals surface area contributed by atoms with Crippen LogP contribution in [-0.4, -0.2) is 30.8 Å². The Labute approximate surface area is 171 Å². The average Bonchev–Trinajstić information content (AvgIpc) is 3.14. The average molecular weight is 414 g/mol. The molecular weight excluding hydrogens is 397 g/mol. The maximum absolute atomic E-state index is 14.3. The highest BCUT2D eigenvalue weighted by atomic mass is 35.5. The summed E-state index contributed by atoms with van der Waals surface area (Å²) in [4.78, 5) is 5.03. The molecule has 1 saturated heterocycles. The minimum Gasteiger partial charge on any atom is -0.375 e. The molecule has 0 amide bonds. The van der Waals surface area contributed by atoms with E-state index in [1.807, 2.05) is 24.3 Å². The van der Waals surface area contributed by atoms with Gasteiger partial charge in [-0.3, -0.25) is 0 Å². The fraction of sp³-hybridized carbons (Fsp3) is 0.238. The lowest BCUT2D eigenvalue weighted by Gasteiger charge is -2.25.